The Kier molecular flexibility index (Phi) is 11.4. The van der Waals surface area contributed by atoms with Crippen molar-refractivity contribution in [2.45, 2.75) is 20.3 Å². The van der Waals surface area contributed by atoms with Gasteiger partial charge in [0, 0.05) is 13.1 Å². The lowest BCUT2D eigenvalue weighted by Gasteiger charge is -2.07. The Bertz CT molecular complexity index is 1110. The molecule has 35 heavy (non-hydrogen) atoms. The monoisotopic (exact) mass is 478 g/mol. The summed E-state index contributed by atoms with van der Waals surface area (Å²) in [7, 11) is 0. The number of carbonyl (C=O) groups excluding carboxylic acids is 2. The van der Waals surface area contributed by atoms with Crippen LogP contribution in [0.1, 0.15) is 31.4 Å². The van der Waals surface area contributed by atoms with Gasteiger partial charge in [0.1, 0.15) is 23.3 Å². The number of amides is 2. The largest absolute Gasteiger partial charge is 0.504 e. The van der Waals surface area contributed by atoms with Gasteiger partial charge in [-0.3, -0.25) is 9.59 Å². The third-order valence-corrected chi connectivity index (χ3v) is 4.28. The van der Waals surface area contributed by atoms with E-state index in [1.807, 2.05) is 13.8 Å². The Balaban J connectivity index is 0.00000298. The third kappa shape index (κ3) is 8.83. The first kappa shape index (κ1) is 28.1. The fraction of sp³-hybridized carbons (Fsp3) is 0.200. The molecule has 2 aromatic rings. The first-order chi connectivity index (χ1) is 16.7. The Hall–Kier alpha value is -4.96. The number of carbonyl (C=O) groups is 2. The van der Waals surface area contributed by atoms with Gasteiger partial charge in [-0.15, -0.1) is 0 Å². The van der Waals surface area contributed by atoms with Gasteiger partial charge in [0.2, 0.25) is 0 Å². The minimum atomic E-state index is -0.652. The predicted octanol–water partition coefficient (Wildman–Crippen LogP) is 2.67. The SMILES string of the molecule is CC.N#C/C(=C\c1ccc(O)c(O)c1)C(=O)NCCCNC(=O)/C(C#N)=C/c1ccc(O)c(O)c1. The van der Waals surface area contributed by atoms with Gasteiger partial charge in [-0.05, 0) is 54.0 Å². The second-order valence-electron chi connectivity index (χ2n) is 6.70. The maximum absolute atomic E-state index is 12.1. The molecule has 0 saturated heterocycles. The second-order valence-corrected chi connectivity index (χ2v) is 6.70. The van der Waals surface area contributed by atoms with Crippen LogP contribution in [0.25, 0.3) is 12.2 Å². The average molecular weight is 479 g/mol. The summed E-state index contributed by atoms with van der Waals surface area (Å²) >= 11 is 0. The maximum Gasteiger partial charge on any atom is 0.261 e. The number of benzene rings is 2. The summed E-state index contributed by atoms with van der Waals surface area (Å²) in [5, 5.41) is 61.0. The first-order valence-corrected chi connectivity index (χ1v) is 10.6. The number of nitriles is 2. The Morgan fingerprint density at radius 2 is 1.11 bits per heavy atom. The molecule has 2 amide bonds. The zero-order valence-corrected chi connectivity index (χ0v) is 19.2. The molecule has 6 N–H and O–H groups in total. The van der Waals surface area contributed by atoms with Gasteiger partial charge in [0.15, 0.2) is 23.0 Å². The van der Waals surface area contributed by atoms with Crippen LogP contribution < -0.4 is 10.6 Å². The molecular weight excluding hydrogens is 452 g/mol. The van der Waals surface area contributed by atoms with E-state index in [9.17, 15) is 40.5 Å². The fourth-order valence-corrected chi connectivity index (χ4v) is 2.57. The van der Waals surface area contributed by atoms with Crippen molar-refractivity contribution in [2.75, 3.05) is 13.1 Å². The smallest absolute Gasteiger partial charge is 0.261 e. The van der Waals surface area contributed by atoms with Gasteiger partial charge in [-0.1, -0.05) is 26.0 Å². The van der Waals surface area contributed by atoms with E-state index in [-0.39, 0.29) is 47.2 Å². The lowest BCUT2D eigenvalue weighted by molar-refractivity contribution is -0.117. The normalized spacial score (nSPS) is 10.7. The number of nitrogens with zero attached hydrogens (tertiary/aromatic N) is 2. The van der Waals surface area contributed by atoms with E-state index in [2.05, 4.69) is 10.6 Å². The highest BCUT2D eigenvalue weighted by Gasteiger charge is 2.11. The fourth-order valence-electron chi connectivity index (χ4n) is 2.57. The number of aromatic hydroxyl groups is 4. The number of hydrogen-bond donors (Lipinski definition) is 6. The molecule has 0 heterocycles. The summed E-state index contributed by atoms with van der Waals surface area (Å²) in [5.41, 5.74) is 0.274. The topological polar surface area (TPSA) is 187 Å². The van der Waals surface area contributed by atoms with Crippen molar-refractivity contribution in [3.05, 3.63) is 58.7 Å². The predicted molar refractivity (Wildman–Crippen MR) is 129 cm³/mol. The number of rotatable bonds is 8. The summed E-state index contributed by atoms with van der Waals surface area (Å²) in [6, 6.07) is 11.2. The molecule has 0 saturated carbocycles. The highest BCUT2D eigenvalue weighted by Crippen LogP contribution is 2.26. The quantitative estimate of drug-likeness (QED) is 0.145. The van der Waals surface area contributed by atoms with Gasteiger partial charge >= 0.3 is 0 Å². The molecule has 0 atom stereocenters. The van der Waals surface area contributed by atoms with Crippen molar-refractivity contribution in [2.24, 2.45) is 0 Å². The Morgan fingerprint density at radius 1 is 0.743 bits per heavy atom. The second kappa shape index (κ2) is 14.2. The summed E-state index contributed by atoms with van der Waals surface area (Å²) in [6.45, 7) is 4.27. The van der Waals surface area contributed by atoms with Gasteiger partial charge < -0.3 is 31.1 Å². The lowest BCUT2D eigenvalue weighted by Crippen LogP contribution is -2.30. The highest BCUT2D eigenvalue weighted by atomic mass is 16.3. The summed E-state index contributed by atoms with van der Waals surface area (Å²) in [5.74, 6) is -2.72. The van der Waals surface area contributed by atoms with Gasteiger partial charge in [-0.25, -0.2) is 0 Å². The number of hydrogen-bond acceptors (Lipinski definition) is 8. The molecular formula is C25H26N4O6. The van der Waals surface area contributed by atoms with E-state index in [0.717, 1.165) is 0 Å². The van der Waals surface area contributed by atoms with E-state index >= 15 is 0 Å². The van der Waals surface area contributed by atoms with E-state index in [0.29, 0.717) is 17.5 Å². The van der Waals surface area contributed by atoms with Crippen molar-refractivity contribution >= 4 is 24.0 Å². The minimum absolute atomic E-state index is 0.135. The zero-order chi connectivity index (χ0) is 26.4. The molecule has 2 aromatic carbocycles. The van der Waals surface area contributed by atoms with Crippen LogP contribution in [0.5, 0.6) is 23.0 Å². The summed E-state index contributed by atoms with van der Waals surface area (Å²) in [6.07, 6.45) is 2.82. The third-order valence-electron chi connectivity index (χ3n) is 4.28. The standard InChI is InChI=1S/C23H20N4O6.C2H6/c24-12-16(8-14-2-4-18(28)20(30)10-14)22(32)26-6-1-7-27-23(33)17(13-25)9-15-3-5-19(29)21(31)11-15;1-2/h2-5,8-11,28-31H,1,6-7H2,(H,26,32)(H,27,33);1-2H3/b16-8+,17-9+;. The number of nitrogens with one attached hydrogen (secondary N) is 2. The van der Waals surface area contributed by atoms with Crippen molar-refractivity contribution in [1.82, 2.24) is 10.6 Å². The molecule has 0 fully saturated rings. The number of phenols is 4. The van der Waals surface area contributed by atoms with Crippen molar-refractivity contribution in [3.63, 3.8) is 0 Å². The molecule has 0 radical (unpaired) electrons. The van der Waals surface area contributed by atoms with Crippen LogP contribution >= 0.6 is 0 Å². The molecule has 0 unspecified atom stereocenters. The minimum Gasteiger partial charge on any atom is -0.504 e. The zero-order valence-electron chi connectivity index (χ0n) is 19.2. The number of phenolic OH excluding ortho intramolecular Hbond substituents is 4. The van der Waals surface area contributed by atoms with Crippen LogP contribution in [-0.2, 0) is 9.59 Å². The van der Waals surface area contributed by atoms with Crippen molar-refractivity contribution < 1.29 is 30.0 Å². The van der Waals surface area contributed by atoms with Crippen LogP contribution in [0.3, 0.4) is 0 Å². The average Bonchev–Trinajstić information content (AvgIpc) is 2.86. The first-order valence-electron chi connectivity index (χ1n) is 10.6. The van der Waals surface area contributed by atoms with Gasteiger partial charge in [0.25, 0.3) is 11.8 Å². The molecule has 0 aliphatic rings. The molecule has 0 aromatic heterocycles. The molecule has 10 heteroatoms. The van der Waals surface area contributed by atoms with Gasteiger partial charge in [0.05, 0.1) is 0 Å². The van der Waals surface area contributed by atoms with Crippen LogP contribution in [0, 0.1) is 22.7 Å². The van der Waals surface area contributed by atoms with Gasteiger partial charge in [-0.2, -0.15) is 10.5 Å². The Labute approximate surface area is 202 Å². The van der Waals surface area contributed by atoms with E-state index in [1.54, 1.807) is 12.1 Å². The lowest BCUT2D eigenvalue weighted by atomic mass is 10.1. The van der Waals surface area contributed by atoms with E-state index in [4.69, 9.17) is 0 Å². The molecule has 0 spiro atoms. The molecule has 2 rings (SSSR count). The molecule has 10 nitrogen and oxygen atoms in total. The summed E-state index contributed by atoms with van der Waals surface area (Å²) in [4.78, 5) is 24.3. The van der Waals surface area contributed by atoms with Crippen LogP contribution in [0.2, 0.25) is 0 Å². The van der Waals surface area contributed by atoms with E-state index in [1.165, 1.54) is 48.6 Å². The highest BCUT2D eigenvalue weighted by molar-refractivity contribution is 6.02. The Morgan fingerprint density at radius 3 is 1.43 bits per heavy atom. The molecule has 0 aliphatic carbocycles. The van der Waals surface area contributed by atoms with Crippen LogP contribution in [0.4, 0.5) is 0 Å². The maximum atomic E-state index is 12.1. The molecule has 182 valence electrons. The van der Waals surface area contributed by atoms with Crippen LogP contribution in [-0.4, -0.2) is 45.3 Å². The van der Waals surface area contributed by atoms with Crippen molar-refractivity contribution in [1.29, 1.82) is 10.5 Å². The molecule has 0 bridgehead atoms. The summed E-state index contributed by atoms with van der Waals surface area (Å²) < 4.78 is 0. The van der Waals surface area contributed by atoms with Crippen molar-refractivity contribution in [3.8, 4) is 35.1 Å². The van der Waals surface area contributed by atoms with E-state index < -0.39 is 11.8 Å². The van der Waals surface area contributed by atoms with Crippen LogP contribution in [0.15, 0.2) is 47.5 Å². The molecule has 0 aliphatic heterocycles.